The van der Waals surface area contributed by atoms with Crippen molar-refractivity contribution in [3.05, 3.63) is 52.7 Å². The molecule has 2 aromatic heterocycles. The average Bonchev–Trinajstić information content (AvgIpc) is 2.89. The summed E-state index contributed by atoms with van der Waals surface area (Å²) in [6, 6.07) is 12.1. The van der Waals surface area contributed by atoms with E-state index in [9.17, 15) is 5.26 Å². The first-order chi connectivity index (χ1) is 11.7. The Morgan fingerprint density at radius 1 is 1.21 bits per heavy atom. The van der Waals surface area contributed by atoms with Crippen LogP contribution in [0.25, 0.3) is 22.3 Å². The average molecular weight is 338 g/mol. The molecule has 3 rings (SSSR count). The van der Waals surface area contributed by atoms with Gasteiger partial charge >= 0.3 is 0 Å². The van der Waals surface area contributed by atoms with Gasteiger partial charge in [0, 0.05) is 23.2 Å². The van der Waals surface area contributed by atoms with Gasteiger partial charge in [-0.05, 0) is 43.2 Å². The fourth-order valence-electron chi connectivity index (χ4n) is 3.06. The van der Waals surface area contributed by atoms with Crippen molar-refractivity contribution in [2.45, 2.75) is 39.7 Å². The third kappa shape index (κ3) is 3.02. The lowest BCUT2D eigenvalue weighted by atomic mass is 10.1. The maximum Gasteiger partial charge on any atom is 0.102 e. The predicted octanol–water partition coefficient (Wildman–Crippen LogP) is 5.73. The van der Waals surface area contributed by atoms with E-state index in [1.165, 1.54) is 0 Å². The number of hydrogen-bond donors (Lipinski definition) is 0. The highest BCUT2D eigenvalue weighted by Crippen LogP contribution is 2.34. The summed E-state index contributed by atoms with van der Waals surface area (Å²) in [4.78, 5) is 4.56. The van der Waals surface area contributed by atoms with Crippen molar-refractivity contribution < 1.29 is 0 Å². The highest BCUT2D eigenvalue weighted by Gasteiger charge is 2.19. The third-order valence-electron chi connectivity index (χ3n) is 4.28. The number of nitriles is 1. The van der Waals surface area contributed by atoms with E-state index in [-0.39, 0.29) is 0 Å². The minimum Gasteiger partial charge on any atom is -0.338 e. The minimum absolute atomic E-state index is 0.675. The number of nitrogens with zero attached hydrogens (tertiary/aromatic N) is 3. The van der Waals surface area contributed by atoms with E-state index in [0.717, 1.165) is 53.7 Å². The van der Waals surface area contributed by atoms with Crippen LogP contribution in [0.2, 0.25) is 5.02 Å². The van der Waals surface area contributed by atoms with E-state index in [1.54, 1.807) is 0 Å². The molecule has 0 aliphatic rings. The number of unbranched alkanes of at least 4 members (excludes halogenated alkanes) is 2. The van der Waals surface area contributed by atoms with Crippen molar-refractivity contribution in [2.75, 3.05) is 0 Å². The molecule has 0 fully saturated rings. The quantitative estimate of drug-likeness (QED) is 0.558. The van der Waals surface area contributed by atoms with Gasteiger partial charge in [-0.15, -0.1) is 0 Å². The first-order valence-electron chi connectivity index (χ1n) is 8.30. The Bertz CT molecular complexity index is 901. The summed E-state index contributed by atoms with van der Waals surface area (Å²) in [6.45, 7) is 5.06. The van der Waals surface area contributed by atoms with Crippen LogP contribution < -0.4 is 0 Å². The normalized spacial score (nSPS) is 10.9. The highest BCUT2D eigenvalue weighted by molar-refractivity contribution is 6.31. The van der Waals surface area contributed by atoms with Crippen LogP contribution in [0, 0.1) is 18.3 Å². The lowest BCUT2D eigenvalue weighted by Gasteiger charge is -2.11. The maximum absolute atomic E-state index is 9.76. The number of hydrogen-bond acceptors (Lipinski definition) is 2. The van der Waals surface area contributed by atoms with Gasteiger partial charge in [0.25, 0.3) is 0 Å². The summed E-state index contributed by atoms with van der Waals surface area (Å²) < 4.78 is 2.20. The largest absolute Gasteiger partial charge is 0.338 e. The Balaban J connectivity index is 2.26. The second-order valence-corrected chi connectivity index (χ2v) is 6.51. The molecule has 0 aliphatic carbocycles. The van der Waals surface area contributed by atoms with E-state index in [0.29, 0.717) is 10.6 Å². The molecule has 0 N–H and O–H groups in total. The molecule has 3 aromatic rings. The smallest absolute Gasteiger partial charge is 0.102 e. The van der Waals surface area contributed by atoms with Gasteiger partial charge in [0.05, 0.1) is 22.5 Å². The van der Waals surface area contributed by atoms with E-state index < -0.39 is 0 Å². The van der Waals surface area contributed by atoms with Gasteiger partial charge in [-0.1, -0.05) is 37.4 Å². The van der Waals surface area contributed by atoms with Gasteiger partial charge in [0.15, 0.2) is 0 Å². The van der Waals surface area contributed by atoms with Gasteiger partial charge in [-0.25, -0.2) is 0 Å². The number of fused-ring (bicyclic) bond motifs is 1. The molecule has 0 atom stereocenters. The lowest BCUT2D eigenvalue weighted by molar-refractivity contribution is 0.619. The number of halogens is 1. The molecule has 0 amide bonds. The van der Waals surface area contributed by atoms with Gasteiger partial charge in [-0.3, -0.25) is 4.98 Å². The van der Waals surface area contributed by atoms with Crippen LogP contribution in [0.3, 0.4) is 0 Å². The van der Waals surface area contributed by atoms with Gasteiger partial charge < -0.3 is 4.57 Å². The number of benzene rings is 1. The second-order valence-electron chi connectivity index (χ2n) is 6.08. The minimum atomic E-state index is 0.675. The molecule has 3 nitrogen and oxygen atoms in total. The van der Waals surface area contributed by atoms with Crippen molar-refractivity contribution in [3.8, 4) is 17.5 Å². The van der Waals surface area contributed by atoms with Crippen LogP contribution in [-0.2, 0) is 6.54 Å². The SMILES string of the molecule is CCCCCn1c(-c2ccc(C)cn2)c(C#N)c2ccc(Cl)cc21. The third-order valence-corrected chi connectivity index (χ3v) is 4.51. The summed E-state index contributed by atoms with van der Waals surface area (Å²) in [6.07, 6.45) is 5.22. The summed E-state index contributed by atoms with van der Waals surface area (Å²) >= 11 is 6.21. The lowest BCUT2D eigenvalue weighted by Crippen LogP contribution is -2.02. The summed E-state index contributed by atoms with van der Waals surface area (Å²) in [5, 5.41) is 11.4. The van der Waals surface area contributed by atoms with Crippen LogP contribution >= 0.6 is 11.6 Å². The van der Waals surface area contributed by atoms with Crippen LogP contribution in [0.1, 0.15) is 37.3 Å². The molecule has 0 radical (unpaired) electrons. The van der Waals surface area contributed by atoms with Crippen molar-refractivity contribution in [3.63, 3.8) is 0 Å². The Labute approximate surface area is 147 Å². The Morgan fingerprint density at radius 2 is 2.04 bits per heavy atom. The molecular formula is C20H20ClN3. The second kappa shape index (κ2) is 7.07. The number of pyridine rings is 1. The van der Waals surface area contributed by atoms with Crippen molar-refractivity contribution >= 4 is 22.5 Å². The molecule has 2 heterocycles. The zero-order chi connectivity index (χ0) is 17.1. The van der Waals surface area contributed by atoms with Gasteiger partial charge in [0.1, 0.15) is 6.07 Å². The molecule has 0 spiro atoms. The summed E-state index contributed by atoms with van der Waals surface area (Å²) in [5.74, 6) is 0. The summed E-state index contributed by atoms with van der Waals surface area (Å²) in [5.41, 5.74) is 4.52. The zero-order valence-corrected chi connectivity index (χ0v) is 14.8. The van der Waals surface area contributed by atoms with Gasteiger partial charge in [-0.2, -0.15) is 5.26 Å². The maximum atomic E-state index is 9.76. The standard InChI is InChI=1S/C20H20ClN3/c1-3-4-5-10-24-19-11-15(21)7-8-16(19)17(12-22)20(24)18-9-6-14(2)13-23-18/h6-9,11,13H,3-5,10H2,1-2H3. The molecule has 0 aliphatic heterocycles. The van der Waals surface area contributed by atoms with Crippen molar-refractivity contribution in [1.82, 2.24) is 9.55 Å². The predicted molar refractivity (Wildman–Crippen MR) is 99.2 cm³/mol. The van der Waals surface area contributed by atoms with E-state index in [2.05, 4.69) is 22.5 Å². The molecule has 1 aromatic carbocycles. The van der Waals surface area contributed by atoms with Gasteiger partial charge in [0.2, 0.25) is 0 Å². The van der Waals surface area contributed by atoms with Crippen molar-refractivity contribution in [1.29, 1.82) is 5.26 Å². The molecule has 0 bridgehead atoms. The molecule has 0 unspecified atom stereocenters. The van der Waals surface area contributed by atoms with E-state index in [1.807, 2.05) is 43.5 Å². The first kappa shape index (κ1) is 16.5. The van der Waals surface area contributed by atoms with Crippen molar-refractivity contribution in [2.24, 2.45) is 0 Å². The molecule has 24 heavy (non-hydrogen) atoms. The Kier molecular flexibility index (Phi) is 4.87. The van der Waals surface area contributed by atoms with E-state index in [4.69, 9.17) is 11.6 Å². The fourth-order valence-corrected chi connectivity index (χ4v) is 3.23. The molecular weight excluding hydrogens is 318 g/mol. The monoisotopic (exact) mass is 337 g/mol. The van der Waals surface area contributed by atoms with Crippen LogP contribution in [0.5, 0.6) is 0 Å². The van der Waals surface area contributed by atoms with Crippen LogP contribution in [0.4, 0.5) is 0 Å². The number of aromatic nitrogens is 2. The summed E-state index contributed by atoms with van der Waals surface area (Å²) in [7, 11) is 0. The molecule has 0 saturated heterocycles. The van der Waals surface area contributed by atoms with Crippen LogP contribution in [0.15, 0.2) is 36.5 Å². The van der Waals surface area contributed by atoms with Crippen LogP contribution in [-0.4, -0.2) is 9.55 Å². The number of aryl methyl sites for hydroxylation is 2. The Morgan fingerprint density at radius 3 is 2.71 bits per heavy atom. The highest BCUT2D eigenvalue weighted by atomic mass is 35.5. The Hall–Kier alpha value is -2.31. The first-order valence-corrected chi connectivity index (χ1v) is 8.68. The molecule has 122 valence electrons. The van der Waals surface area contributed by atoms with E-state index >= 15 is 0 Å². The molecule has 0 saturated carbocycles. The number of rotatable bonds is 5. The topological polar surface area (TPSA) is 41.6 Å². The zero-order valence-electron chi connectivity index (χ0n) is 14.0. The molecule has 4 heteroatoms. The fraction of sp³-hybridized carbons (Fsp3) is 0.300.